The SMILES string of the molecule is CCCN(C)S(=O)c1ccc(CNC(=O)c2cc3cc(OC)ccc3nc2C)cc1.CCc1ccc2c(c1)CC(C)=C(C(=O)NCc1ccc(S(=O)N3CCCCC3)cc1)O2. The number of piperidine rings is 1. The lowest BCUT2D eigenvalue weighted by atomic mass is 9.98. The van der Waals surface area contributed by atoms with Crippen molar-refractivity contribution in [2.45, 2.75) is 89.1 Å². The summed E-state index contributed by atoms with van der Waals surface area (Å²) in [4.78, 5) is 31.6. The minimum Gasteiger partial charge on any atom is -0.497 e. The van der Waals surface area contributed by atoms with Crippen molar-refractivity contribution in [3.05, 3.63) is 136 Å². The van der Waals surface area contributed by atoms with E-state index in [4.69, 9.17) is 9.47 Å². The van der Waals surface area contributed by atoms with Crippen LogP contribution in [0.3, 0.4) is 0 Å². The number of aryl methyl sites for hydroxylation is 2. The van der Waals surface area contributed by atoms with Gasteiger partial charge < -0.3 is 20.1 Å². The van der Waals surface area contributed by atoms with Gasteiger partial charge in [0.05, 0.1) is 33.7 Å². The molecule has 11 nitrogen and oxygen atoms in total. The third kappa shape index (κ3) is 11.8. The van der Waals surface area contributed by atoms with Crippen LogP contribution < -0.4 is 20.1 Å². The van der Waals surface area contributed by atoms with Gasteiger partial charge in [-0.25, -0.2) is 17.0 Å². The molecule has 0 aliphatic carbocycles. The Morgan fingerprint density at radius 3 is 2.08 bits per heavy atom. The van der Waals surface area contributed by atoms with E-state index < -0.39 is 22.0 Å². The number of ether oxygens (including phenoxy) is 2. The number of hydrogen-bond acceptors (Lipinski definition) is 7. The maximum Gasteiger partial charge on any atom is 0.287 e. The van der Waals surface area contributed by atoms with Crippen LogP contribution in [0.4, 0.5) is 0 Å². The molecule has 4 aromatic carbocycles. The molecule has 0 saturated carbocycles. The van der Waals surface area contributed by atoms with E-state index >= 15 is 0 Å². The smallest absolute Gasteiger partial charge is 0.287 e. The molecule has 1 fully saturated rings. The van der Waals surface area contributed by atoms with Crippen LogP contribution in [0.15, 0.2) is 112 Å². The number of fused-ring (bicyclic) bond motifs is 2. The van der Waals surface area contributed by atoms with Crippen LogP contribution in [0.1, 0.15) is 84.8 Å². The van der Waals surface area contributed by atoms with E-state index in [2.05, 4.69) is 35.5 Å². The molecule has 0 radical (unpaired) electrons. The van der Waals surface area contributed by atoms with E-state index in [0.29, 0.717) is 30.1 Å². The summed E-state index contributed by atoms with van der Waals surface area (Å²) in [5, 5.41) is 6.76. The molecule has 5 aromatic rings. The zero-order valence-corrected chi connectivity index (χ0v) is 37.7. The van der Waals surface area contributed by atoms with Gasteiger partial charge in [-0.05, 0) is 122 Å². The Bertz CT molecular complexity index is 2410. The number of rotatable bonds is 14. The van der Waals surface area contributed by atoms with Gasteiger partial charge in [-0.1, -0.05) is 56.7 Å². The van der Waals surface area contributed by atoms with Crippen LogP contribution in [0.2, 0.25) is 0 Å². The van der Waals surface area contributed by atoms with Gasteiger partial charge in [0.25, 0.3) is 11.8 Å². The Kier molecular flexibility index (Phi) is 16.0. The van der Waals surface area contributed by atoms with Gasteiger partial charge in [0.1, 0.15) is 33.5 Å². The van der Waals surface area contributed by atoms with Crippen LogP contribution in [0.5, 0.6) is 11.5 Å². The molecule has 2 unspecified atom stereocenters. The quantitative estimate of drug-likeness (QED) is 0.115. The minimum absolute atomic E-state index is 0.181. The highest BCUT2D eigenvalue weighted by Crippen LogP contribution is 2.31. The number of carbonyl (C=O) groups is 2. The second-order valence-corrected chi connectivity index (χ2v) is 18.4. The second-order valence-electron chi connectivity index (χ2n) is 15.4. The number of carbonyl (C=O) groups excluding carboxylic acids is 2. The van der Waals surface area contributed by atoms with E-state index in [9.17, 15) is 18.0 Å². The standard InChI is InChI=1S/C25H30N2O3S.C23H27N3O3S/c1-3-19-9-12-23-21(16-19)15-18(2)24(30-23)25(28)26-17-20-7-10-22(11-8-20)31(29)27-13-5-4-6-14-27;1-5-12-26(3)30(28)20-9-6-17(7-10-20)15-24-23(27)21-14-18-13-19(29-4)8-11-22(18)25-16(21)2/h7-12,16H,3-6,13-15,17H2,1-2H3,(H,26,28);6-11,13-14H,5,12,15H2,1-4H3,(H,24,27). The molecule has 1 aromatic heterocycles. The molecule has 322 valence electrons. The summed E-state index contributed by atoms with van der Waals surface area (Å²) in [6.45, 7) is 11.3. The number of methoxy groups -OCH3 is 1. The largest absolute Gasteiger partial charge is 0.497 e. The number of allylic oxidation sites excluding steroid dienone is 1. The summed E-state index contributed by atoms with van der Waals surface area (Å²) >= 11 is 0. The Morgan fingerprint density at radius 1 is 0.803 bits per heavy atom. The zero-order valence-electron chi connectivity index (χ0n) is 36.0. The molecule has 1 saturated heterocycles. The maximum absolute atomic E-state index is 12.7. The summed E-state index contributed by atoms with van der Waals surface area (Å²) in [6, 6.07) is 28.7. The van der Waals surface area contributed by atoms with Gasteiger partial charge in [-0.3, -0.25) is 14.6 Å². The fourth-order valence-electron chi connectivity index (χ4n) is 7.25. The highest BCUT2D eigenvalue weighted by Gasteiger charge is 2.23. The number of aromatic nitrogens is 1. The van der Waals surface area contributed by atoms with Crippen LogP contribution in [-0.2, 0) is 52.7 Å². The first kappa shape index (κ1) is 45.3. The van der Waals surface area contributed by atoms with E-state index in [1.807, 2.05) is 114 Å². The van der Waals surface area contributed by atoms with Gasteiger partial charge in [0.15, 0.2) is 5.76 Å². The molecule has 61 heavy (non-hydrogen) atoms. The van der Waals surface area contributed by atoms with Crippen molar-refractivity contribution < 1.29 is 27.5 Å². The number of amides is 2. The molecule has 2 N–H and O–H groups in total. The first-order valence-corrected chi connectivity index (χ1v) is 23.2. The first-order chi connectivity index (χ1) is 29.5. The normalized spacial score (nSPS) is 14.9. The Hall–Kier alpha value is -5.21. The molecule has 0 bridgehead atoms. The third-order valence-corrected chi connectivity index (χ3v) is 13.7. The maximum atomic E-state index is 12.7. The fourth-order valence-corrected chi connectivity index (χ4v) is 9.58. The van der Waals surface area contributed by atoms with E-state index in [-0.39, 0.29) is 11.8 Å². The molecule has 7 rings (SSSR count). The van der Waals surface area contributed by atoms with Gasteiger partial charge in [-0.15, -0.1) is 0 Å². The third-order valence-electron chi connectivity index (χ3n) is 10.8. The van der Waals surface area contributed by atoms with Crippen molar-refractivity contribution >= 4 is 44.7 Å². The first-order valence-electron chi connectivity index (χ1n) is 21.0. The van der Waals surface area contributed by atoms with Crippen LogP contribution in [0, 0.1) is 6.92 Å². The molecular weight excluding hydrogens is 807 g/mol. The second kappa shape index (κ2) is 21.5. The molecule has 2 atom stereocenters. The monoisotopic (exact) mass is 863 g/mol. The molecule has 2 aliphatic rings. The number of nitrogens with one attached hydrogen (secondary N) is 2. The Balaban J connectivity index is 0.000000204. The van der Waals surface area contributed by atoms with Gasteiger partial charge in [0.2, 0.25) is 0 Å². The summed E-state index contributed by atoms with van der Waals surface area (Å²) < 4.78 is 40.2. The molecule has 13 heteroatoms. The predicted octanol–water partition coefficient (Wildman–Crippen LogP) is 8.13. The van der Waals surface area contributed by atoms with Crippen molar-refractivity contribution in [2.24, 2.45) is 0 Å². The lowest BCUT2D eigenvalue weighted by Crippen LogP contribution is -2.31. The summed E-state index contributed by atoms with van der Waals surface area (Å²) in [7, 11) is 1.19. The summed E-state index contributed by atoms with van der Waals surface area (Å²) in [5.41, 5.74) is 7.28. The molecule has 0 spiro atoms. The molecule has 2 aliphatic heterocycles. The summed E-state index contributed by atoms with van der Waals surface area (Å²) in [6.07, 6.45) is 6.09. The van der Waals surface area contributed by atoms with Gasteiger partial charge in [0, 0.05) is 51.6 Å². The number of benzene rings is 4. The van der Waals surface area contributed by atoms with Crippen LogP contribution in [0.25, 0.3) is 10.9 Å². The van der Waals surface area contributed by atoms with Gasteiger partial charge in [-0.2, -0.15) is 0 Å². The Morgan fingerprint density at radius 2 is 1.44 bits per heavy atom. The van der Waals surface area contributed by atoms with Gasteiger partial charge >= 0.3 is 0 Å². The molecule has 3 heterocycles. The highest BCUT2D eigenvalue weighted by atomic mass is 32.2. The highest BCUT2D eigenvalue weighted by molar-refractivity contribution is 7.83. The van der Waals surface area contributed by atoms with E-state index in [0.717, 1.165) is 106 Å². The average Bonchev–Trinajstić information content (AvgIpc) is 3.29. The van der Waals surface area contributed by atoms with Crippen LogP contribution >= 0.6 is 0 Å². The molecular formula is C48H57N5O6S2. The lowest BCUT2D eigenvalue weighted by Gasteiger charge is -2.25. The van der Waals surface area contributed by atoms with Crippen molar-refractivity contribution in [1.82, 2.24) is 24.2 Å². The number of pyridine rings is 1. The number of hydrogen-bond donors (Lipinski definition) is 2. The van der Waals surface area contributed by atoms with Crippen molar-refractivity contribution in [2.75, 3.05) is 33.8 Å². The van der Waals surface area contributed by atoms with Crippen molar-refractivity contribution in [1.29, 1.82) is 0 Å². The fraction of sp³-hybridized carbons (Fsp3) is 0.354. The molecule has 2 amide bonds. The number of nitrogens with zero attached hydrogens (tertiary/aromatic N) is 3. The lowest BCUT2D eigenvalue weighted by molar-refractivity contribution is -0.119. The van der Waals surface area contributed by atoms with E-state index in [1.165, 1.54) is 12.0 Å². The Labute approximate surface area is 365 Å². The average molecular weight is 864 g/mol. The van der Waals surface area contributed by atoms with Crippen LogP contribution in [-0.4, -0.2) is 67.6 Å². The van der Waals surface area contributed by atoms with Crippen molar-refractivity contribution in [3.8, 4) is 11.5 Å². The summed E-state index contributed by atoms with van der Waals surface area (Å²) in [5.74, 6) is 1.49. The topological polar surface area (TPSA) is 130 Å². The zero-order chi connectivity index (χ0) is 43.5. The minimum atomic E-state index is -1.17. The van der Waals surface area contributed by atoms with Crippen molar-refractivity contribution in [3.63, 3.8) is 0 Å². The predicted molar refractivity (Wildman–Crippen MR) is 243 cm³/mol. The van der Waals surface area contributed by atoms with E-state index in [1.54, 1.807) is 7.11 Å².